The number of nitrogens with two attached hydrogens (primary N) is 1. The van der Waals surface area contributed by atoms with E-state index >= 15 is 0 Å². The summed E-state index contributed by atoms with van der Waals surface area (Å²) in [7, 11) is 0. The van der Waals surface area contributed by atoms with Gasteiger partial charge < -0.3 is 16.0 Å². The molecular formula is C13H22N4O3. The number of nitrogens with zero attached hydrogens (tertiary/aromatic N) is 1. The first-order chi connectivity index (χ1) is 9.16. The van der Waals surface area contributed by atoms with Crippen molar-refractivity contribution in [3.63, 3.8) is 0 Å². The van der Waals surface area contributed by atoms with Gasteiger partial charge in [0.25, 0.3) is 5.91 Å². The van der Waals surface area contributed by atoms with E-state index in [0.29, 0.717) is 19.4 Å². The fraction of sp³-hybridized carbons (Fsp3) is 0.769. The number of carbonyl (C=O) groups excluding carboxylic acids is 3. The van der Waals surface area contributed by atoms with Crippen molar-refractivity contribution in [2.24, 2.45) is 11.1 Å². The third-order valence-corrected chi connectivity index (χ3v) is 4.02. The Kier molecular flexibility index (Phi) is 3.49. The second-order valence-corrected chi connectivity index (χ2v) is 6.70. The van der Waals surface area contributed by atoms with Crippen molar-refractivity contribution in [3.8, 4) is 0 Å². The van der Waals surface area contributed by atoms with Gasteiger partial charge in [-0.25, -0.2) is 4.79 Å². The summed E-state index contributed by atoms with van der Waals surface area (Å²) in [6.45, 7) is 6.46. The van der Waals surface area contributed by atoms with Gasteiger partial charge in [0.2, 0.25) is 5.91 Å². The molecule has 0 saturated carbocycles. The average molecular weight is 282 g/mol. The summed E-state index contributed by atoms with van der Waals surface area (Å²) < 4.78 is 0. The molecule has 4 N–H and O–H groups in total. The zero-order valence-electron chi connectivity index (χ0n) is 12.2. The van der Waals surface area contributed by atoms with Gasteiger partial charge >= 0.3 is 6.03 Å². The highest BCUT2D eigenvalue weighted by Crippen LogP contribution is 2.27. The zero-order chi connectivity index (χ0) is 15.1. The van der Waals surface area contributed by atoms with Crippen molar-refractivity contribution in [1.82, 2.24) is 15.5 Å². The molecule has 0 bridgehead atoms. The van der Waals surface area contributed by atoms with E-state index in [2.05, 4.69) is 10.6 Å². The predicted octanol–water partition coefficient (Wildman–Crippen LogP) is -0.440. The Morgan fingerprint density at radius 1 is 1.40 bits per heavy atom. The molecule has 2 fully saturated rings. The summed E-state index contributed by atoms with van der Waals surface area (Å²) in [5.41, 5.74) is 4.67. The van der Waals surface area contributed by atoms with Crippen LogP contribution in [0.15, 0.2) is 0 Å². The number of amides is 4. The Balaban J connectivity index is 2.14. The van der Waals surface area contributed by atoms with E-state index < -0.39 is 17.6 Å². The Morgan fingerprint density at radius 3 is 2.55 bits per heavy atom. The first kappa shape index (κ1) is 14.8. The van der Waals surface area contributed by atoms with E-state index in [1.165, 1.54) is 0 Å². The van der Waals surface area contributed by atoms with E-state index in [9.17, 15) is 14.4 Å². The second kappa shape index (κ2) is 4.73. The van der Waals surface area contributed by atoms with Crippen LogP contribution in [-0.4, -0.2) is 47.4 Å². The molecule has 7 nitrogen and oxygen atoms in total. The topological polar surface area (TPSA) is 105 Å². The normalized spacial score (nSPS) is 28.3. The standard InChI is InChI=1S/C13H22N4O3/c1-12(2,3)8(14)9(18)17-6-4-5-13(7-17)10(19)15-11(20)16-13/h8H,4-7,14H2,1-3H3,(H2,15,16,19,20)/t8-,13?/m0/s1. The number of likely N-dealkylation sites (tertiary alicyclic amines) is 1. The van der Waals surface area contributed by atoms with E-state index in [4.69, 9.17) is 5.73 Å². The van der Waals surface area contributed by atoms with Crippen molar-refractivity contribution in [2.75, 3.05) is 13.1 Å². The lowest BCUT2D eigenvalue weighted by atomic mass is 9.84. The molecule has 1 unspecified atom stereocenters. The van der Waals surface area contributed by atoms with E-state index in [0.717, 1.165) is 0 Å². The van der Waals surface area contributed by atoms with Gasteiger partial charge in [0.1, 0.15) is 5.54 Å². The molecule has 2 saturated heterocycles. The van der Waals surface area contributed by atoms with Crippen LogP contribution in [0.4, 0.5) is 4.79 Å². The minimum Gasteiger partial charge on any atom is -0.338 e. The fourth-order valence-electron chi connectivity index (χ4n) is 2.63. The number of piperidine rings is 1. The Labute approximate surface area is 118 Å². The van der Waals surface area contributed by atoms with Gasteiger partial charge in [-0.15, -0.1) is 0 Å². The quantitative estimate of drug-likeness (QED) is 0.567. The number of urea groups is 1. The van der Waals surface area contributed by atoms with Crippen LogP contribution in [0, 0.1) is 5.41 Å². The summed E-state index contributed by atoms with van der Waals surface area (Å²) in [5, 5.41) is 4.89. The number of nitrogens with one attached hydrogen (secondary N) is 2. The van der Waals surface area contributed by atoms with Crippen molar-refractivity contribution < 1.29 is 14.4 Å². The largest absolute Gasteiger partial charge is 0.338 e. The number of hydrogen-bond acceptors (Lipinski definition) is 4. The Hall–Kier alpha value is -1.63. The van der Waals surface area contributed by atoms with E-state index in [1.54, 1.807) is 4.90 Å². The Morgan fingerprint density at radius 2 is 2.05 bits per heavy atom. The van der Waals surface area contributed by atoms with Gasteiger partial charge in [0.15, 0.2) is 0 Å². The third kappa shape index (κ3) is 2.49. The minimum absolute atomic E-state index is 0.175. The molecule has 0 radical (unpaired) electrons. The maximum atomic E-state index is 12.4. The lowest BCUT2D eigenvalue weighted by Gasteiger charge is -2.40. The molecule has 1 spiro atoms. The van der Waals surface area contributed by atoms with Gasteiger partial charge in [-0.05, 0) is 18.3 Å². The molecule has 0 aromatic heterocycles. The lowest BCUT2D eigenvalue weighted by Crippen LogP contribution is -2.62. The maximum absolute atomic E-state index is 12.4. The van der Waals surface area contributed by atoms with Gasteiger partial charge in [0, 0.05) is 6.54 Å². The maximum Gasteiger partial charge on any atom is 0.322 e. The molecule has 0 aliphatic carbocycles. The van der Waals surface area contributed by atoms with Crippen molar-refractivity contribution in [3.05, 3.63) is 0 Å². The molecule has 7 heteroatoms. The van der Waals surface area contributed by atoms with Crippen LogP contribution in [0.2, 0.25) is 0 Å². The van der Waals surface area contributed by atoms with Gasteiger partial charge in [0.05, 0.1) is 12.6 Å². The summed E-state index contributed by atoms with van der Waals surface area (Å²) in [6.07, 6.45) is 1.20. The van der Waals surface area contributed by atoms with Crippen LogP contribution < -0.4 is 16.4 Å². The second-order valence-electron chi connectivity index (χ2n) is 6.70. The minimum atomic E-state index is -0.984. The van der Waals surface area contributed by atoms with Crippen molar-refractivity contribution >= 4 is 17.8 Å². The highest BCUT2D eigenvalue weighted by atomic mass is 16.2. The molecule has 2 rings (SSSR count). The molecule has 20 heavy (non-hydrogen) atoms. The fourth-order valence-corrected chi connectivity index (χ4v) is 2.63. The van der Waals surface area contributed by atoms with E-state index in [-0.39, 0.29) is 23.8 Å². The van der Waals surface area contributed by atoms with Crippen LogP contribution in [-0.2, 0) is 9.59 Å². The number of rotatable bonds is 1. The van der Waals surface area contributed by atoms with Crippen molar-refractivity contribution in [1.29, 1.82) is 0 Å². The number of carbonyl (C=O) groups is 3. The van der Waals surface area contributed by atoms with Gasteiger partial charge in [-0.1, -0.05) is 20.8 Å². The summed E-state index contributed by atoms with van der Waals surface area (Å²) in [5.74, 6) is -0.533. The molecule has 2 heterocycles. The van der Waals surface area contributed by atoms with Gasteiger partial charge in [-0.2, -0.15) is 0 Å². The summed E-state index contributed by atoms with van der Waals surface area (Å²) in [4.78, 5) is 37.3. The SMILES string of the molecule is CC(C)(C)[C@@H](N)C(=O)N1CCCC2(C1)NC(=O)NC2=O. The Bertz CT molecular complexity index is 457. The first-order valence-electron chi connectivity index (χ1n) is 6.84. The summed E-state index contributed by atoms with van der Waals surface area (Å²) in [6, 6.07) is -1.12. The first-order valence-corrected chi connectivity index (χ1v) is 6.84. The molecule has 2 aliphatic rings. The predicted molar refractivity (Wildman–Crippen MR) is 72.6 cm³/mol. The average Bonchev–Trinajstić information content (AvgIpc) is 2.61. The molecular weight excluding hydrogens is 260 g/mol. The van der Waals surface area contributed by atoms with Crippen LogP contribution in [0.5, 0.6) is 0 Å². The molecule has 0 aromatic carbocycles. The number of hydrogen-bond donors (Lipinski definition) is 3. The smallest absolute Gasteiger partial charge is 0.322 e. The molecule has 0 aromatic rings. The molecule has 112 valence electrons. The van der Waals surface area contributed by atoms with Crippen molar-refractivity contribution in [2.45, 2.75) is 45.2 Å². The number of imide groups is 1. The lowest BCUT2D eigenvalue weighted by molar-refractivity contribution is -0.139. The third-order valence-electron chi connectivity index (χ3n) is 4.02. The van der Waals surface area contributed by atoms with Crippen LogP contribution >= 0.6 is 0 Å². The van der Waals surface area contributed by atoms with Crippen LogP contribution in [0.1, 0.15) is 33.6 Å². The van der Waals surface area contributed by atoms with Crippen LogP contribution in [0.3, 0.4) is 0 Å². The monoisotopic (exact) mass is 282 g/mol. The van der Waals surface area contributed by atoms with Crippen LogP contribution in [0.25, 0.3) is 0 Å². The molecule has 2 atom stereocenters. The van der Waals surface area contributed by atoms with Gasteiger partial charge in [-0.3, -0.25) is 14.9 Å². The molecule has 2 aliphatic heterocycles. The highest BCUT2D eigenvalue weighted by molar-refractivity contribution is 6.07. The molecule has 4 amide bonds. The van der Waals surface area contributed by atoms with E-state index in [1.807, 2.05) is 20.8 Å². The summed E-state index contributed by atoms with van der Waals surface area (Å²) >= 11 is 0. The zero-order valence-corrected chi connectivity index (χ0v) is 12.2. The highest BCUT2D eigenvalue weighted by Gasteiger charge is 2.50.